The summed E-state index contributed by atoms with van der Waals surface area (Å²) in [6, 6.07) is 18.0. The molecule has 0 saturated heterocycles. The van der Waals surface area contributed by atoms with Crippen molar-refractivity contribution in [3.8, 4) is 23.1 Å². The summed E-state index contributed by atoms with van der Waals surface area (Å²) in [7, 11) is 0. The first kappa shape index (κ1) is 15.8. The zero-order valence-electron chi connectivity index (χ0n) is 13.7. The highest BCUT2D eigenvalue weighted by Crippen LogP contribution is 2.23. The molecule has 0 spiro atoms. The minimum atomic E-state index is 0.330. The fourth-order valence-corrected chi connectivity index (χ4v) is 2.51. The molecule has 0 aliphatic carbocycles. The van der Waals surface area contributed by atoms with Crippen LogP contribution in [0.5, 0.6) is 5.75 Å². The van der Waals surface area contributed by atoms with Gasteiger partial charge in [0, 0.05) is 5.56 Å². The highest BCUT2D eigenvalue weighted by atomic mass is 16.5. The number of ether oxygens (including phenoxy) is 1. The molecule has 120 valence electrons. The summed E-state index contributed by atoms with van der Waals surface area (Å²) in [6.45, 7) is 5.03. The molecule has 0 saturated carbocycles. The van der Waals surface area contributed by atoms with Gasteiger partial charge in [0.2, 0.25) is 0 Å². The first-order valence-electron chi connectivity index (χ1n) is 7.77. The normalized spacial score (nSPS) is 10.4. The number of benzene rings is 2. The zero-order chi connectivity index (χ0) is 16.9. The van der Waals surface area contributed by atoms with Crippen LogP contribution in [0.3, 0.4) is 0 Å². The molecule has 0 atom stereocenters. The fourth-order valence-electron chi connectivity index (χ4n) is 2.51. The maximum Gasteiger partial charge on any atom is 0.190 e. The van der Waals surface area contributed by atoms with Crippen molar-refractivity contribution < 1.29 is 4.74 Å². The van der Waals surface area contributed by atoms with Gasteiger partial charge in [-0.1, -0.05) is 46.7 Å². The van der Waals surface area contributed by atoms with E-state index in [1.54, 1.807) is 4.68 Å². The predicted octanol–water partition coefficient (Wildman–Crippen LogP) is 3.51. The molecule has 5 heteroatoms. The molecule has 0 fully saturated rings. The number of rotatable bonds is 5. The van der Waals surface area contributed by atoms with Crippen molar-refractivity contribution in [2.24, 2.45) is 0 Å². The molecule has 0 unspecified atom stereocenters. The molecule has 3 rings (SSSR count). The minimum absolute atomic E-state index is 0.330. The summed E-state index contributed by atoms with van der Waals surface area (Å²) in [6.07, 6.45) is 0. The molecule has 0 radical (unpaired) electrons. The third-order valence-electron chi connectivity index (χ3n) is 3.73. The monoisotopic (exact) mass is 318 g/mol. The van der Waals surface area contributed by atoms with Crippen LogP contribution in [0.2, 0.25) is 0 Å². The molecule has 0 aliphatic heterocycles. The lowest BCUT2D eigenvalue weighted by Gasteiger charge is -2.09. The van der Waals surface area contributed by atoms with Gasteiger partial charge in [-0.25, -0.2) is 4.68 Å². The second-order valence-corrected chi connectivity index (χ2v) is 5.65. The van der Waals surface area contributed by atoms with Crippen molar-refractivity contribution in [2.45, 2.75) is 20.4 Å². The molecule has 0 N–H and O–H groups in total. The Morgan fingerprint density at radius 2 is 1.88 bits per heavy atom. The molecule has 1 heterocycles. The first-order valence-corrected chi connectivity index (χ1v) is 7.77. The number of aromatic nitrogens is 3. The van der Waals surface area contributed by atoms with Gasteiger partial charge >= 0.3 is 0 Å². The van der Waals surface area contributed by atoms with Gasteiger partial charge in [-0.05, 0) is 32.0 Å². The molecule has 0 amide bonds. The number of nitriles is 1. The van der Waals surface area contributed by atoms with E-state index in [1.165, 1.54) is 5.56 Å². The van der Waals surface area contributed by atoms with Crippen LogP contribution in [-0.2, 0) is 6.54 Å². The third-order valence-corrected chi connectivity index (χ3v) is 3.73. The van der Waals surface area contributed by atoms with E-state index in [-0.39, 0.29) is 0 Å². The lowest BCUT2D eigenvalue weighted by atomic mass is 10.1. The molecule has 5 nitrogen and oxygen atoms in total. The Kier molecular flexibility index (Phi) is 4.57. The van der Waals surface area contributed by atoms with Crippen molar-refractivity contribution >= 4 is 0 Å². The molecular formula is C19H18N4O. The van der Waals surface area contributed by atoms with Crippen LogP contribution >= 0.6 is 0 Å². The van der Waals surface area contributed by atoms with Gasteiger partial charge < -0.3 is 4.74 Å². The van der Waals surface area contributed by atoms with Crippen LogP contribution in [0.25, 0.3) is 11.3 Å². The summed E-state index contributed by atoms with van der Waals surface area (Å²) in [5.41, 5.74) is 4.32. The number of hydrogen-bond acceptors (Lipinski definition) is 4. The van der Waals surface area contributed by atoms with Gasteiger partial charge in [-0.15, -0.1) is 5.10 Å². The van der Waals surface area contributed by atoms with Crippen molar-refractivity contribution in [3.63, 3.8) is 0 Å². The van der Waals surface area contributed by atoms with Gasteiger partial charge in [0.1, 0.15) is 24.1 Å². The quantitative estimate of drug-likeness (QED) is 0.722. The Balaban J connectivity index is 1.78. The molecule has 1 aromatic heterocycles. The summed E-state index contributed by atoms with van der Waals surface area (Å²) >= 11 is 0. The molecule has 0 aliphatic rings. The molecule has 24 heavy (non-hydrogen) atoms. The average molecular weight is 318 g/mol. The Bertz CT molecular complexity index is 875. The van der Waals surface area contributed by atoms with Gasteiger partial charge in [0.15, 0.2) is 5.69 Å². The summed E-state index contributed by atoms with van der Waals surface area (Å²) in [4.78, 5) is 0. The Hall–Kier alpha value is -3.13. The topological polar surface area (TPSA) is 63.7 Å². The smallest absolute Gasteiger partial charge is 0.190 e. The van der Waals surface area contributed by atoms with Crippen LogP contribution in [0, 0.1) is 25.2 Å². The van der Waals surface area contributed by atoms with E-state index in [1.807, 2.05) is 62.4 Å². The average Bonchev–Trinajstić information content (AvgIpc) is 2.99. The Morgan fingerprint density at radius 1 is 1.08 bits per heavy atom. The maximum absolute atomic E-state index is 9.29. The second kappa shape index (κ2) is 6.97. The molecular weight excluding hydrogens is 300 g/mol. The largest absolute Gasteiger partial charge is 0.492 e. The summed E-state index contributed by atoms with van der Waals surface area (Å²) in [5.74, 6) is 0.818. The van der Waals surface area contributed by atoms with Crippen LogP contribution < -0.4 is 4.74 Å². The van der Waals surface area contributed by atoms with Gasteiger partial charge in [-0.2, -0.15) is 5.26 Å². The SMILES string of the molecule is Cc1ccc(OCCn2nnc(C#N)c2-c2cccc(C)c2)cc1. The lowest BCUT2D eigenvalue weighted by Crippen LogP contribution is -2.11. The van der Waals surface area contributed by atoms with Crippen molar-refractivity contribution in [1.82, 2.24) is 15.0 Å². The van der Waals surface area contributed by atoms with E-state index >= 15 is 0 Å². The summed E-state index contributed by atoms with van der Waals surface area (Å²) < 4.78 is 7.47. The maximum atomic E-state index is 9.29. The molecule has 3 aromatic rings. The van der Waals surface area contributed by atoms with Gasteiger partial charge in [-0.3, -0.25) is 0 Å². The second-order valence-electron chi connectivity index (χ2n) is 5.65. The Labute approximate surface area is 141 Å². The van der Waals surface area contributed by atoms with Crippen LogP contribution in [0.1, 0.15) is 16.8 Å². The van der Waals surface area contributed by atoms with Gasteiger partial charge in [0.25, 0.3) is 0 Å². The third kappa shape index (κ3) is 3.44. The standard InChI is InChI=1S/C19H18N4O/c1-14-6-8-17(9-7-14)24-11-10-23-19(18(13-20)21-22-23)16-5-3-4-15(2)12-16/h3-9,12H,10-11H2,1-2H3. The predicted molar refractivity (Wildman–Crippen MR) is 91.6 cm³/mol. The van der Waals surface area contributed by atoms with Crippen molar-refractivity contribution in [2.75, 3.05) is 6.61 Å². The summed E-state index contributed by atoms with van der Waals surface area (Å²) in [5, 5.41) is 17.4. The Morgan fingerprint density at radius 3 is 2.58 bits per heavy atom. The van der Waals surface area contributed by atoms with Crippen LogP contribution in [-0.4, -0.2) is 21.6 Å². The first-order chi connectivity index (χ1) is 11.7. The van der Waals surface area contributed by atoms with Crippen molar-refractivity contribution in [1.29, 1.82) is 5.26 Å². The van der Waals surface area contributed by atoms with E-state index in [0.29, 0.717) is 18.8 Å². The lowest BCUT2D eigenvalue weighted by molar-refractivity contribution is 0.290. The van der Waals surface area contributed by atoms with E-state index in [2.05, 4.69) is 16.4 Å². The fraction of sp³-hybridized carbons (Fsp3) is 0.211. The number of nitrogens with zero attached hydrogens (tertiary/aromatic N) is 4. The minimum Gasteiger partial charge on any atom is -0.492 e. The van der Waals surface area contributed by atoms with Crippen molar-refractivity contribution in [3.05, 3.63) is 65.4 Å². The number of aryl methyl sites for hydroxylation is 2. The van der Waals surface area contributed by atoms with E-state index in [9.17, 15) is 5.26 Å². The van der Waals surface area contributed by atoms with E-state index < -0.39 is 0 Å². The highest BCUT2D eigenvalue weighted by Gasteiger charge is 2.14. The van der Waals surface area contributed by atoms with Crippen LogP contribution in [0.4, 0.5) is 0 Å². The van der Waals surface area contributed by atoms with E-state index in [4.69, 9.17) is 4.74 Å². The zero-order valence-corrected chi connectivity index (χ0v) is 13.7. The molecule has 2 aromatic carbocycles. The van der Waals surface area contributed by atoms with Crippen LogP contribution in [0.15, 0.2) is 48.5 Å². The van der Waals surface area contributed by atoms with E-state index in [0.717, 1.165) is 22.6 Å². The highest BCUT2D eigenvalue weighted by molar-refractivity contribution is 5.65. The molecule has 0 bridgehead atoms. The van der Waals surface area contributed by atoms with Gasteiger partial charge in [0.05, 0.1) is 6.54 Å². The number of hydrogen-bond donors (Lipinski definition) is 0.